The molecule has 4 N–H and O–H groups in total. The lowest BCUT2D eigenvalue weighted by molar-refractivity contribution is -0.124. The number of benzene rings is 1. The van der Waals surface area contributed by atoms with Crippen LogP contribution in [0, 0.1) is 0 Å². The smallest absolute Gasteiger partial charge is 0.254 e. The minimum Gasteiger partial charge on any atom is -0.508 e. The molecule has 2 amide bonds. The van der Waals surface area contributed by atoms with E-state index < -0.39 is 5.91 Å². The molecule has 16 heavy (non-hydrogen) atoms. The van der Waals surface area contributed by atoms with Crippen LogP contribution < -0.4 is 11.1 Å². The van der Waals surface area contributed by atoms with Crippen molar-refractivity contribution in [2.45, 2.75) is 6.42 Å². The van der Waals surface area contributed by atoms with Crippen LogP contribution in [0.1, 0.15) is 12.0 Å². The van der Waals surface area contributed by atoms with E-state index in [1.54, 1.807) is 0 Å². The predicted octanol–water partition coefficient (Wildman–Crippen LogP) is 0.404. The summed E-state index contributed by atoms with van der Waals surface area (Å²) in [5.74, 6) is -0.673. The van der Waals surface area contributed by atoms with Crippen molar-refractivity contribution in [1.29, 1.82) is 0 Å². The summed E-state index contributed by atoms with van der Waals surface area (Å²) in [6.07, 6.45) is 1.56. The van der Waals surface area contributed by atoms with Crippen LogP contribution in [0.2, 0.25) is 0 Å². The largest absolute Gasteiger partial charge is 0.508 e. The molecule has 2 rings (SSSR count). The Morgan fingerprint density at radius 2 is 2.12 bits per heavy atom. The molecule has 0 saturated carbocycles. The SMILES string of the molecule is Nc1ccc(O)cc1/C=C1\CC(=O)NC1=O. The van der Waals surface area contributed by atoms with E-state index in [9.17, 15) is 14.7 Å². The van der Waals surface area contributed by atoms with Crippen LogP contribution in [-0.2, 0) is 9.59 Å². The van der Waals surface area contributed by atoms with Crippen molar-refractivity contribution in [3.05, 3.63) is 29.3 Å². The lowest BCUT2D eigenvalue weighted by Gasteiger charge is -2.01. The molecule has 82 valence electrons. The second-order valence-corrected chi connectivity index (χ2v) is 3.54. The molecule has 0 aromatic heterocycles. The van der Waals surface area contributed by atoms with E-state index in [1.807, 2.05) is 0 Å². The zero-order chi connectivity index (χ0) is 11.7. The van der Waals surface area contributed by atoms with Gasteiger partial charge in [-0.3, -0.25) is 14.9 Å². The van der Waals surface area contributed by atoms with Gasteiger partial charge in [-0.15, -0.1) is 0 Å². The molecule has 0 aliphatic carbocycles. The Hall–Kier alpha value is -2.30. The number of phenolic OH excluding ortho intramolecular Hbond substituents is 1. The van der Waals surface area contributed by atoms with Crippen molar-refractivity contribution in [3.63, 3.8) is 0 Å². The third kappa shape index (κ3) is 1.88. The van der Waals surface area contributed by atoms with E-state index in [-0.39, 0.29) is 18.1 Å². The Morgan fingerprint density at radius 1 is 1.38 bits per heavy atom. The lowest BCUT2D eigenvalue weighted by Crippen LogP contribution is -2.19. The molecule has 0 atom stereocenters. The molecule has 0 unspecified atom stereocenters. The Labute approximate surface area is 91.6 Å². The van der Waals surface area contributed by atoms with Gasteiger partial charge < -0.3 is 10.8 Å². The standard InChI is InChI=1S/C11H10N2O3/c12-9-2-1-8(14)4-6(9)3-7-5-10(15)13-11(7)16/h1-4,14H,5,12H2,(H,13,15,16)/b7-3+. The van der Waals surface area contributed by atoms with Crippen molar-refractivity contribution in [2.75, 3.05) is 5.73 Å². The highest BCUT2D eigenvalue weighted by atomic mass is 16.3. The first-order chi connectivity index (χ1) is 7.56. The van der Waals surface area contributed by atoms with Crippen LogP contribution in [0.3, 0.4) is 0 Å². The van der Waals surface area contributed by atoms with Gasteiger partial charge in [0.15, 0.2) is 0 Å². The monoisotopic (exact) mass is 218 g/mol. The molecular weight excluding hydrogens is 208 g/mol. The van der Waals surface area contributed by atoms with Crippen LogP contribution in [0.15, 0.2) is 23.8 Å². The average Bonchev–Trinajstić information content (AvgIpc) is 2.51. The van der Waals surface area contributed by atoms with E-state index in [2.05, 4.69) is 5.32 Å². The number of hydrogen-bond acceptors (Lipinski definition) is 4. The zero-order valence-corrected chi connectivity index (χ0v) is 8.36. The molecule has 1 aromatic carbocycles. The third-order valence-electron chi connectivity index (χ3n) is 2.30. The van der Waals surface area contributed by atoms with Crippen molar-refractivity contribution in [3.8, 4) is 5.75 Å². The number of rotatable bonds is 1. The first kappa shape index (κ1) is 10.2. The van der Waals surface area contributed by atoms with Crippen molar-refractivity contribution in [1.82, 2.24) is 5.32 Å². The predicted molar refractivity (Wildman–Crippen MR) is 58.3 cm³/mol. The lowest BCUT2D eigenvalue weighted by atomic mass is 10.1. The number of carbonyl (C=O) groups excluding carboxylic acids is 2. The maximum absolute atomic E-state index is 11.3. The van der Waals surface area contributed by atoms with Gasteiger partial charge in [-0.1, -0.05) is 0 Å². The number of carbonyl (C=O) groups is 2. The number of nitrogen functional groups attached to an aromatic ring is 1. The molecular formula is C11H10N2O3. The topological polar surface area (TPSA) is 92.4 Å². The quantitative estimate of drug-likeness (QED) is 0.275. The molecule has 1 saturated heterocycles. The maximum atomic E-state index is 11.3. The average molecular weight is 218 g/mol. The molecule has 1 aliphatic rings. The molecule has 5 heteroatoms. The molecule has 1 aromatic rings. The molecule has 0 radical (unpaired) electrons. The molecule has 0 bridgehead atoms. The molecule has 1 fully saturated rings. The molecule has 1 heterocycles. The second kappa shape index (κ2) is 3.69. The van der Waals surface area contributed by atoms with Crippen LogP contribution >= 0.6 is 0 Å². The summed E-state index contributed by atoms with van der Waals surface area (Å²) in [7, 11) is 0. The van der Waals surface area contributed by atoms with E-state index >= 15 is 0 Å². The first-order valence-corrected chi connectivity index (χ1v) is 4.69. The number of hydrogen-bond donors (Lipinski definition) is 3. The number of anilines is 1. The summed E-state index contributed by atoms with van der Waals surface area (Å²) in [6, 6.07) is 4.44. The minimum absolute atomic E-state index is 0.0495. The number of nitrogens with one attached hydrogen (secondary N) is 1. The molecule has 1 aliphatic heterocycles. The molecule has 5 nitrogen and oxygen atoms in total. The number of phenols is 1. The van der Waals surface area contributed by atoms with Crippen molar-refractivity contribution in [2.24, 2.45) is 0 Å². The van der Waals surface area contributed by atoms with Crippen molar-refractivity contribution < 1.29 is 14.7 Å². The van der Waals surface area contributed by atoms with Gasteiger partial charge in [-0.05, 0) is 24.3 Å². The summed E-state index contributed by atoms with van der Waals surface area (Å²) in [5.41, 5.74) is 6.99. The summed E-state index contributed by atoms with van der Waals surface area (Å²) in [6.45, 7) is 0. The van der Waals surface area contributed by atoms with Crippen LogP contribution in [0.25, 0.3) is 6.08 Å². The van der Waals surface area contributed by atoms with Gasteiger partial charge >= 0.3 is 0 Å². The fourth-order valence-electron chi connectivity index (χ4n) is 1.50. The number of imide groups is 1. The number of aromatic hydroxyl groups is 1. The Balaban J connectivity index is 2.39. The normalized spacial score (nSPS) is 17.9. The van der Waals surface area contributed by atoms with Crippen LogP contribution in [0.5, 0.6) is 5.75 Å². The van der Waals surface area contributed by atoms with Gasteiger partial charge in [-0.2, -0.15) is 0 Å². The van der Waals surface area contributed by atoms with E-state index in [0.717, 1.165) is 0 Å². The molecule has 0 spiro atoms. The zero-order valence-electron chi connectivity index (χ0n) is 8.36. The highest BCUT2D eigenvalue weighted by molar-refractivity contribution is 6.15. The van der Waals surface area contributed by atoms with Gasteiger partial charge in [0, 0.05) is 16.8 Å². The Kier molecular flexibility index (Phi) is 2.36. The van der Waals surface area contributed by atoms with E-state index in [4.69, 9.17) is 5.73 Å². The first-order valence-electron chi connectivity index (χ1n) is 4.69. The van der Waals surface area contributed by atoms with Gasteiger partial charge in [0.25, 0.3) is 5.91 Å². The van der Waals surface area contributed by atoms with Gasteiger partial charge in [0.05, 0.1) is 6.42 Å². The van der Waals surface area contributed by atoms with E-state index in [1.165, 1.54) is 24.3 Å². The fraction of sp³-hybridized carbons (Fsp3) is 0.0909. The van der Waals surface area contributed by atoms with Gasteiger partial charge in [0.2, 0.25) is 5.91 Å². The van der Waals surface area contributed by atoms with Crippen molar-refractivity contribution >= 4 is 23.6 Å². The highest BCUT2D eigenvalue weighted by Crippen LogP contribution is 2.23. The van der Waals surface area contributed by atoms with Crippen LogP contribution in [-0.4, -0.2) is 16.9 Å². The summed E-state index contributed by atoms with van der Waals surface area (Å²) >= 11 is 0. The Bertz CT molecular complexity index is 506. The van der Waals surface area contributed by atoms with Gasteiger partial charge in [0.1, 0.15) is 5.75 Å². The summed E-state index contributed by atoms with van der Waals surface area (Å²) < 4.78 is 0. The van der Waals surface area contributed by atoms with E-state index in [0.29, 0.717) is 16.8 Å². The maximum Gasteiger partial charge on any atom is 0.254 e. The number of nitrogens with two attached hydrogens (primary N) is 1. The fourth-order valence-corrected chi connectivity index (χ4v) is 1.50. The number of amides is 2. The third-order valence-corrected chi connectivity index (χ3v) is 2.30. The summed E-state index contributed by atoms with van der Waals surface area (Å²) in [5, 5.41) is 11.4. The second-order valence-electron chi connectivity index (χ2n) is 3.54. The summed E-state index contributed by atoms with van der Waals surface area (Å²) in [4.78, 5) is 22.2. The minimum atomic E-state index is -0.409. The van der Waals surface area contributed by atoms with Crippen LogP contribution in [0.4, 0.5) is 5.69 Å². The van der Waals surface area contributed by atoms with Gasteiger partial charge in [-0.25, -0.2) is 0 Å². The highest BCUT2D eigenvalue weighted by Gasteiger charge is 2.23. The Morgan fingerprint density at radius 3 is 2.75 bits per heavy atom.